The van der Waals surface area contributed by atoms with Crippen LogP contribution >= 0.6 is 0 Å². The number of rotatable bonds is 9. The number of alkyl halides is 3. The van der Waals surface area contributed by atoms with Gasteiger partial charge in [-0.05, 0) is 36.4 Å². The van der Waals surface area contributed by atoms with Crippen LogP contribution in [-0.2, 0) is 25.2 Å². The second-order valence-electron chi connectivity index (χ2n) is 6.37. The summed E-state index contributed by atoms with van der Waals surface area (Å²) in [5.74, 6) is -1.64. The molecule has 0 aliphatic rings. The SMILES string of the molecule is COCCOC(=O)CCC(=O)Nc1cccc(C(=O)Nc2cccc(C(F)(F)F)c2)c1. The molecule has 0 fully saturated rings. The fraction of sp³-hybridized carbons (Fsp3) is 0.286. The fourth-order valence-electron chi connectivity index (χ4n) is 2.46. The van der Waals surface area contributed by atoms with Gasteiger partial charge in [0, 0.05) is 30.5 Å². The molecule has 0 unspecified atom stereocenters. The number of halogens is 3. The summed E-state index contributed by atoms with van der Waals surface area (Å²) in [6.45, 7) is 0.354. The van der Waals surface area contributed by atoms with Gasteiger partial charge < -0.3 is 20.1 Å². The van der Waals surface area contributed by atoms with Crippen molar-refractivity contribution in [3.05, 3.63) is 59.7 Å². The number of carbonyl (C=O) groups is 3. The number of esters is 1. The molecule has 0 atom stereocenters. The molecule has 0 bridgehead atoms. The molecule has 2 rings (SSSR count). The average Bonchev–Trinajstić information content (AvgIpc) is 2.72. The van der Waals surface area contributed by atoms with Gasteiger partial charge in [0.15, 0.2) is 0 Å². The summed E-state index contributed by atoms with van der Waals surface area (Å²) in [6, 6.07) is 10.1. The van der Waals surface area contributed by atoms with Crippen LogP contribution in [0.3, 0.4) is 0 Å². The van der Waals surface area contributed by atoms with Crippen molar-refractivity contribution < 1.29 is 37.0 Å². The van der Waals surface area contributed by atoms with E-state index in [-0.39, 0.29) is 37.3 Å². The molecule has 0 aromatic heterocycles. The highest BCUT2D eigenvalue weighted by Gasteiger charge is 2.30. The zero-order chi connectivity index (χ0) is 22.9. The maximum absolute atomic E-state index is 12.8. The van der Waals surface area contributed by atoms with Crippen molar-refractivity contribution in [1.29, 1.82) is 0 Å². The van der Waals surface area contributed by atoms with Crippen LogP contribution in [0.25, 0.3) is 0 Å². The molecule has 0 spiro atoms. The number of anilines is 2. The Hall–Kier alpha value is -3.40. The highest BCUT2D eigenvalue weighted by atomic mass is 19.4. The summed E-state index contributed by atoms with van der Waals surface area (Å²) in [5, 5.41) is 4.95. The molecular weight excluding hydrogens is 417 g/mol. The Morgan fingerprint density at radius 2 is 1.58 bits per heavy atom. The van der Waals surface area contributed by atoms with Crippen molar-refractivity contribution in [2.24, 2.45) is 0 Å². The van der Waals surface area contributed by atoms with E-state index < -0.39 is 29.5 Å². The molecule has 2 N–H and O–H groups in total. The van der Waals surface area contributed by atoms with E-state index in [1.54, 1.807) is 0 Å². The standard InChI is InChI=1S/C21H21F3N2O5/c1-30-10-11-31-19(28)9-8-18(27)25-16-6-2-4-14(12-16)20(29)26-17-7-3-5-15(13-17)21(22,23)24/h2-7,12-13H,8-11H2,1H3,(H,25,27)(H,26,29). The summed E-state index contributed by atoms with van der Waals surface area (Å²) in [7, 11) is 1.47. The van der Waals surface area contributed by atoms with Gasteiger partial charge in [-0.15, -0.1) is 0 Å². The molecule has 0 aliphatic carbocycles. The Morgan fingerprint density at radius 3 is 2.26 bits per heavy atom. The maximum atomic E-state index is 12.8. The van der Waals surface area contributed by atoms with Gasteiger partial charge in [0.25, 0.3) is 5.91 Å². The first kappa shape index (κ1) is 23.9. The van der Waals surface area contributed by atoms with E-state index in [0.717, 1.165) is 12.1 Å². The van der Waals surface area contributed by atoms with Crippen molar-refractivity contribution >= 4 is 29.2 Å². The van der Waals surface area contributed by atoms with Crippen LogP contribution in [0, 0.1) is 0 Å². The van der Waals surface area contributed by atoms with Gasteiger partial charge >= 0.3 is 12.1 Å². The van der Waals surface area contributed by atoms with Crippen LogP contribution in [0.4, 0.5) is 24.5 Å². The van der Waals surface area contributed by atoms with Gasteiger partial charge in [0.1, 0.15) is 6.61 Å². The Bertz CT molecular complexity index is 931. The average molecular weight is 438 g/mol. The van der Waals surface area contributed by atoms with Crippen molar-refractivity contribution in [3.8, 4) is 0 Å². The summed E-state index contributed by atoms with van der Waals surface area (Å²) < 4.78 is 48.0. The smallest absolute Gasteiger partial charge is 0.416 e. The van der Waals surface area contributed by atoms with Crippen molar-refractivity contribution in [2.45, 2.75) is 19.0 Å². The molecule has 0 radical (unpaired) electrons. The van der Waals surface area contributed by atoms with Crippen molar-refractivity contribution in [3.63, 3.8) is 0 Å². The van der Waals surface area contributed by atoms with Crippen molar-refractivity contribution in [2.75, 3.05) is 31.0 Å². The first-order chi connectivity index (χ1) is 14.7. The first-order valence-electron chi connectivity index (χ1n) is 9.22. The lowest BCUT2D eigenvalue weighted by molar-refractivity contribution is -0.145. The van der Waals surface area contributed by atoms with Crippen LogP contribution < -0.4 is 10.6 Å². The monoisotopic (exact) mass is 438 g/mol. The van der Waals surface area contributed by atoms with Crippen LogP contribution in [0.1, 0.15) is 28.8 Å². The van der Waals surface area contributed by atoms with E-state index >= 15 is 0 Å². The number of hydrogen-bond donors (Lipinski definition) is 2. The summed E-state index contributed by atoms with van der Waals surface area (Å²) in [4.78, 5) is 35.9. The molecule has 7 nitrogen and oxygen atoms in total. The first-order valence-corrected chi connectivity index (χ1v) is 9.22. The number of benzene rings is 2. The number of methoxy groups -OCH3 is 1. The van der Waals surface area contributed by atoms with E-state index in [1.165, 1.54) is 43.5 Å². The predicted molar refractivity (Wildman–Crippen MR) is 107 cm³/mol. The van der Waals surface area contributed by atoms with Gasteiger partial charge in [-0.2, -0.15) is 13.2 Å². The topological polar surface area (TPSA) is 93.7 Å². The van der Waals surface area contributed by atoms with E-state index in [0.29, 0.717) is 5.69 Å². The van der Waals surface area contributed by atoms with Crippen LogP contribution in [-0.4, -0.2) is 38.1 Å². The molecule has 0 aliphatic heterocycles. The van der Waals surface area contributed by atoms with Crippen LogP contribution in [0.2, 0.25) is 0 Å². The zero-order valence-electron chi connectivity index (χ0n) is 16.6. The Morgan fingerprint density at radius 1 is 0.903 bits per heavy atom. The second-order valence-corrected chi connectivity index (χ2v) is 6.37. The summed E-state index contributed by atoms with van der Waals surface area (Å²) in [5.41, 5.74) is -0.461. The molecule has 10 heteroatoms. The van der Waals surface area contributed by atoms with Gasteiger partial charge in [-0.3, -0.25) is 14.4 Å². The third-order valence-electron chi connectivity index (χ3n) is 3.96. The Balaban J connectivity index is 1.93. The molecule has 2 aromatic rings. The number of amides is 2. The minimum Gasteiger partial charge on any atom is -0.463 e. The zero-order valence-corrected chi connectivity index (χ0v) is 16.6. The number of carbonyl (C=O) groups excluding carboxylic acids is 3. The molecular formula is C21H21F3N2O5. The minimum absolute atomic E-state index is 0.0127. The highest BCUT2D eigenvalue weighted by molar-refractivity contribution is 6.05. The molecule has 2 amide bonds. The van der Waals surface area contributed by atoms with E-state index in [9.17, 15) is 27.6 Å². The largest absolute Gasteiger partial charge is 0.463 e. The quantitative estimate of drug-likeness (QED) is 0.458. The molecule has 31 heavy (non-hydrogen) atoms. The van der Waals surface area contributed by atoms with Gasteiger partial charge in [0.2, 0.25) is 5.91 Å². The second kappa shape index (κ2) is 11.1. The maximum Gasteiger partial charge on any atom is 0.416 e. The lowest BCUT2D eigenvalue weighted by atomic mass is 10.1. The molecule has 166 valence electrons. The normalized spacial score (nSPS) is 11.0. The van der Waals surface area contributed by atoms with E-state index in [1.807, 2.05) is 0 Å². The number of hydrogen-bond acceptors (Lipinski definition) is 5. The van der Waals surface area contributed by atoms with Gasteiger partial charge in [-0.25, -0.2) is 0 Å². The third kappa shape index (κ3) is 8.09. The van der Waals surface area contributed by atoms with E-state index in [4.69, 9.17) is 9.47 Å². The Kier molecular flexibility index (Phi) is 8.56. The van der Waals surface area contributed by atoms with Crippen molar-refractivity contribution in [1.82, 2.24) is 0 Å². The number of nitrogens with one attached hydrogen (secondary N) is 2. The number of ether oxygens (including phenoxy) is 2. The van der Waals surface area contributed by atoms with Crippen LogP contribution in [0.5, 0.6) is 0 Å². The molecule has 0 saturated carbocycles. The summed E-state index contributed by atoms with van der Waals surface area (Å²) in [6.07, 6.45) is -4.76. The van der Waals surface area contributed by atoms with Gasteiger partial charge in [-0.1, -0.05) is 12.1 Å². The van der Waals surface area contributed by atoms with Gasteiger partial charge in [0.05, 0.1) is 18.6 Å². The predicted octanol–water partition coefficient (Wildman–Crippen LogP) is 3.87. The Labute approximate surface area is 176 Å². The van der Waals surface area contributed by atoms with E-state index in [2.05, 4.69) is 10.6 Å². The molecule has 2 aromatic carbocycles. The summed E-state index contributed by atoms with van der Waals surface area (Å²) >= 11 is 0. The highest BCUT2D eigenvalue weighted by Crippen LogP contribution is 2.30. The third-order valence-corrected chi connectivity index (χ3v) is 3.96. The minimum atomic E-state index is -4.53. The fourth-order valence-corrected chi connectivity index (χ4v) is 2.46. The lowest BCUT2D eigenvalue weighted by Crippen LogP contribution is -2.17. The molecule has 0 heterocycles. The van der Waals surface area contributed by atoms with Crippen LogP contribution in [0.15, 0.2) is 48.5 Å². The molecule has 0 saturated heterocycles. The lowest BCUT2D eigenvalue weighted by Gasteiger charge is -2.11.